The van der Waals surface area contributed by atoms with E-state index in [9.17, 15) is 19.2 Å². The number of benzene rings is 2. The molecule has 34 heavy (non-hydrogen) atoms. The number of rotatable bonds is 8. The van der Waals surface area contributed by atoms with Gasteiger partial charge in [0, 0.05) is 10.4 Å². The van der Waals surface area contributed by atoms with Gasteiger partial charge in [-0.1, -0.05) is 31.2 Å². The van der Waals surface area contributed by atoms with Gasteiger partial charge in [0.15, 0.2) is 0 Å². The van der Waals surface area contributed by atoms with Crippen molar-refractivity contribution in [3.63, 3.8) is 0 Å². The zero-order chi connectivity index (χ0) is 24.7. The molecule has 0 unspecified atom stereocenters. The molecule has 6 nitrogen and oxygen atoms in total. The zero-order valence-electron chi connectivity index (χ0n) is 19.0. The fourth-order valence-corrected chi connectivity index (χ4v) is 4.32. The van der Waals surface area contributed by atoms with Crippen LogP contribution in [0.25, 0.3) is 17.2 Å². The summed E-state index contributed by atoms with van der Waals surface area (Å²) in [4.78, 5) is 26.2. The van der Waals surface area contributed by atoms with Gasteiger partial charge in [-0.2, -0.15) is 5.26 Å². The monoisotopic (exact) mass is 478 g/mol. The van der Waals surface area contributed by atoms with Crippen molar-refractivity contribution in [2.24, 2.45) is 0 Å². The lowest BCUT2D eigenvalue weighted by Gasteiger charge is -2.08. The summed E-state index contributed by atoms with van der Waals surface area (Å²) in [6.45, 7) is 4.40. The Hall–Kier alpha value is -3.96. The Labute approximate surface area is 201 Å². The number of nitriles is 1. The number of halogens is 1. The number of carbonyl (C=O) groups is 2. The number of aryl methyl sites for hydroxylation is 1. The minimum atomic E-state index is -0.661. The minimum absolute atomic E-state index is 0.132. The lowest BCUT2D eigenvalue weighted by molar-refractivity contribution is -0.112. The smallest absolute Gasteiger partial charge is 0.341 e. The Morgan fingerprint density at radius 2 is 1.82 bits per heavy atom. The summed E-state index contributed by atoms with van der Waals surface area (Å²) in [7, 11) is 1.24. The van der Waals surface area contributed by atoms with Crippen LogP contribution in [0.15, 0.2) is 54.1 Å². The SMILES string of the molecule is CCCOc1ccc(/C=C(\C#N)C(=O)Nc2sc(C)c(-c3ccc(F)cc3)c2C(=O)OC)cc1. The first-order chi connectivity index (χ1) is 16.4. The number of methoxy groups -OCH3 is 1. The van der Waals surface area contributed by atoms with E-state index >= 15 is 0 Å². The number of hydrogen-bond acceptors (Lipinski definition) is 6. The van der Waals surface area contributed by atoms with E-state index in [-0.39, 0.29) is 16.1 Å². The summed E-state index contributed by atoms with van der Waals surface area (Å²) in [5.41, 5.74) is 1.82. The topological polar surface area (TPSA) is 88.4 Å². The van der Waals surface area contributed by atoms with Crippen LogP contribution in [-0.2, 0) is 9.53 Å². The number of hydrogen-bond donors (Lipinski definition) is 1. The van der Waals surface area contributed by atoms with E-state index in [1.165, 1.54) is 36.7 Å². The Balaban J connectivity index is 1.91. The number of amides is 1. The molecule has 1 N–H and O–H groups in total. The molecule has 3 rings (SSSR count). The predicted molar refractivity (Wildman–Crippen MR) is 130 cm³/mol. The number of anilines is 1. The third-order valence-electron chi connectivity index (χ3n) is 4.86. The van der Waals surface area contributed by atoms with Crippen molar-refractivity contribution in [2.45, 2.75) is 20.3 Å². The van der Waals surface area contributed by atoms with Crippen LogP contribution in [0.5, 0.6) is 5.75 Å². The maximum Gasteiger partial charge on any atom is 0.341 e. The van der Waals surface area contributed by atoms with E-state index in [0.29, 0.717) is 29.0 Å². The Morgan fingerprint density at radius 1 is 1.15 bits per heavy atom. The van der Waals surface area contributed by atoms with Gasteiger partial charge in [0.1, 0.15) is 33.8 Å². The molecule has 1 heterocycles. The normalized spacial score (nSPS) is 11.0. The van der Waals surface area contributed by atoms with E-state index in [1.54, 1.807) is 43.3 Å². The quantitative estimate of drug-likeness (QED) is 0.244. The van der Waals surface area contributed by atoms with Crippen molar-refractivity contribution >= 4 is 34.3 Å². The van der Waals surface area contributed by atoms with E-state index in [2.05, 4.69) is 5.32 Å². The number of thiophene rings is 1. The third-order valence-corrected chi connectivity index (χ3v) is 5.88. The minimum Gasteiger partial charge on any atom is -0.494 e. The molecule has 0 spiro atoms. The summed E-state index contributed by atoms with van der Waals surface area (Å²) in [5, 5.41) is 12.5. The number of nitrogens with one attached hydrogen (secondary N) is 1. The number of esters is 1. The number of ether oxygens (including phenoxy) is 2. The average molecular weight is 479 g/mol. The zero-order valence-corrected chi connectivity index (χ0v) is 19.8. The van der Waals surface area contributed by atoms with Crippen LogP contribution in [0.3, 0.4) is 0 Å². The first-order valence-corrected chi connectivity index (χ1v) is 11.3. The highest BCUT2D eigenvalue weighted by molar-refractivity contribution is 7.17. The van der Waals surface area contributed by atoms with Crippen molar-refractivity contribution in [1.82, 2.24) is 0 Å². The second-order valence-electron chi connectivity index (χ2n) is 7.28. The molecule has 0 saturated heterocycles. The molecule has 3 aromatic rings. The first kappa shape index (κ1) is 24.7. The fourth-order valence-electron chi connectivity index (χ4n) is 3.26. The Bertz CT molecular complexity index is 1260. The highest BCUT2D eigenvalue weighted by atomic mass is 32.1. The van der Waals surface area contributed by atoms with E-state index < -0.39 is 17.7 Å². The summed E-state index contributed by atoms with van der Waals surface area (Å²) in [5.74, 6) is -1.01. The molecule has 0 bridgehead atoms. The van der Waals surface area contributed by atoms with Crippen LogP contribution in [-0.4, -0.2) is 25.6 Å². The predicted octanol–water partition coefficient (Wildman–Crippen LogP) is 5.98. The standard InChI is InChI=1S/C26H23FN2O4S/c1-4-13-33-21-11-5-17(6-12-21)14-19(15-28)24(30)29-25-23(26(31)32-3)22(16(2)34-25)18-7-9-20(27)10-8-18/h5-12,14H,4,13H2,1-3H3,(H,29,30)/b19-14+. The molecule has 0 saturated carbocycles. The number of nitrogens with zero attached hydrogens (tertiary/aromatic N) is 1. The van der Waals surface area contributed by atoms with Gasteiger partial charge in [0.2, 0.25) is 0 Å². The molecular weight excluding hydrogens is 455 g/mol. The molecule has 0 aliphatic rings. The molecule has 2 aromatic carbocycles. The molecule has 0 aliphatic carbocycles. The van der Waals surface area contributed by atoms with Crippen LogP contribution in [0, 0.1) is 24.1 Å². The van der Waals surface area contributed by atoms with E-state index in [0.717, 1.165) is 11.3 Å². The molecule has 8 heteroatoms. The van der Waals surface area contributed by atoms with Gasteiger partial charge in [-0.05, 0) is 54.8 Å². The highest BCUT2D eigenvalue weighted by Crippen LogP contribution is 2.40. The van der Waals surface area contributed by atoms with Gasteiger partial charge in [0.25, 0.3) is 5.91 Å². The summed E-state index contributed by atoms with van der Waals surface area (Å²) in [6.07, 6.45) is 2.34. The summed E-state index contributed by atoms with van der Waals surface area (Å²) < 4.78 is 23.9. The van der Waals surface area contributed by atoms with Crippen LogP contribution < -0.4 is 10.1 Å². The molecule has 1 amide bonds. The van der Waals surface area contributed by atoms with E-state index in [1.807, 2.05) is 13.0 Å². The van der Waals surface area contributed by atoms with Crippen molar-refractivity contribution in [3.8, 4) is 22.9 Å². The van der Waals surface area contributed by atoms with Crippen LogP contribution in [0.1, 0.15) is 34.1 Å². The summed E-state index contributed by atoms with van der Waals surface area (Å²) in [6, 6.07) is 14.6. The van der Waals surface area contributed by atoms with Gasteiger partial charge in [-0.15, -0.1) is 11.3 Å². The van der Waals surface area contributed by atoms with E-state index in [4.69, 9.17) is 9.47 Å². The fraction of sp³-hybridized carbons (Fsp3) is 0.192. The largest absolute Gasteiger partial charge is 0.494 e. The molecule has 0 radical (unpaired) electrons. The third kappa shape index (κ3) is 5.69. The lowest BCUT2D eigenvalue weighted by Crippen LogP contribution is -2.15. The molecule has 0 aliphatic heterocycles. The Morgan fingerprint density at radius 3 is 2.41 bits per heavy atom. The second kappa shape index (κ2) is 11.3. The lowest BCUT2D eigenvalue weighted by atomic mass is 10.0. The van der Waals surface area contributed by atoms with Crippen molar-refractivity contribution in [1.29, 1.82) is 5.26 Å². The Kier molecular flexibility index (Phi) is 8.17. The van der Waals surface area contributed by atoms with Crippen LogP contribution >= 0.6 is 11.3 Å². The van der Waals surface area contributed by atoms with Crippen LogP contribution in [0.4, 0.5) is 9.39 Å². The van der Waals surface area contributed by atoms with Crippen molar-refractivity contribution < 1.29 is 23.5 Å². The first-order valence-electron chi connectivity index (χ1n) is 10.5. The molecule has 1 aromatic heterocycles. The maximum absolute atomic E-state index is 13.4. The van der Waals surface area contributed by atoms with Gasteiger partial charge in [0.05, 0.1) is 13.7 Å². The highest BCUT2D eigenvalue weighted by Gasteiger charge is 2.26. The molecule has 0 atom stereocenters. The molecule has 174 valence electrons. The summed E-state index contributed by atoms with van der Waals surface area (Å²) >= 11 is 1.18. The maximum atomic E-state index is 13.4. The number of carbonyl (C=O) groups excluding carboxylic acids is 2. The van der Waals surface area contributed by atoms with Crippen molar-refractivity contribution in [3.05, 3.63) is 75.9 Å². The van der Waals surface area contributed by atoms with Crippen molar-refractivity contribution in [2.75, 3.05) is 19.0 Å². The van der Waals surface area contributed by atoms with Crippen LogP contribution in [0.2, 0.25) is 0 Å². The average Bonchev–Trinajstić information content (AvgIpc) is 3.17. The van der Waals surface area contributed by atoms with Gasteiger partial charge >= 0.3 is 5.97 Å². The molecular formula is C26H23FN2O4S. The second-order valence-corrected chi connectivity index (χ2v) is 8.50. The van der Waals surface area contributed by atoms with Gasteiger partial charge in [-0.3, -0.25) is 4.79 Å². The van der Waals surface area contributed by atoms with Gasteiger partial charge in [-0.25, -0.2) is 9.18 Å². The van der Waals surface area contributed by atoms with Gasteiger partial charge < -0.3 is 14.8 Å². The molecule has 0 fully saturated rings.